The van der Waals surface area contributed by atoms with Crippen LogP contribution in [0.3, 0.4) is 0 Å². The average Bonchev–Trinajstić information content (AvgIpc) is 2.75. The molecule has 104 valence electrons. The molecule has 0 aliphatic rings. The van der Waals surface area contributed by atoms with Gasteiger partial charge in [0.15, 0.2) is 6.29 Å². The van der Waals surface area contributed by atoms with Crippen LogP contribution in [0.4, 0.5) is 0 Å². The molecule has 0 aliphatic carbocycles. The molecule has 0 radical (unpaired) electrons. The third-order valence-electron chi connectivity index (χ3n) is 2.59. The maximum absolute atomic E-state index is 5.47. The number of aryl methyl sites for hydroxylation is 1. The monoisotopic (exact) mass is 256 g/mol. The Labute approximate surface area is 109 Å². The zero-order chi connectivity index (χ0) is 13.2. The zero-order valence-corrected chi connectivity index (χ0v) is 11.6. The van der Waals surface area contributed by atoms with Crippen molar-refractivity contribution in [3.05, 3.63) is 12.2 Å². The summed E-state index contributed by atoms with van der Waals surface area (Å²) in [5.41, 5.74) is 0. The van der Waals surface area contributed by atoms with E-state index < -0.39 is 0 Å². The third-order valence-corrected chi connectivity index (χ3v) is 2.59. The van der Waals surface area contributed by atoms with E-state index in [4.69, 9.17) is 9.47 Å². The molecule has 0 aliphatic heterocycles. The Morgan fingerprint density at radius 2 is 2.00 bits per heavy atom. The van der Waals surface area contributed by atoms with Gasteiger partial charge in [0.1, 0.15) is 12.2 Å². The van der Waals surface area contributed by atoms with Gasteiger partial charge in [-0.2, -0.15) is 0 Å². The van der Waals surface area contributed by atoms with Gasteiger partial charge < -0.3 is 19.4 Å². The van der Waals surface area contributed by atoms with Crippen molar-refractivity contribution in [2.45, 2.75) is 33.0 Å². The summed E-state index contributed by atoms with van der Waals surface area (Å²) >= 11 is 0. The van der Waals surface area contributed by atoms with Gasteiger partial charge in [0.25, 0.3) is 0 Å². The Balaban J connectivity index is 2.08. The van der Waals surface area contributed by atoms with Gasteiger partial charge in [0.05, 0.1) is 0 Å². The van der Waals surface area contributed by atoms with E-state index in [0.29, 0.717) is 13.2 Å². The number of rotatable bonds is 10. The van der Waals surface area contributed by atoms with E-state index in [0.717, 1.165) is 31.8 Å². The number of nitrogens with zero attached hydrogens (tertiary/aromatic N) is 3. The zero-order valence-electron chi connectivity index (χ0n) is 11.6. The van der Waals surface area contributed by atoms with E-state index in [9.17, 15) is 0 Å². The van der Waals surface area contributed by atoms with Gasteiger partial charge in [-0.3, -0.25) is 0 Å². The van der Waals surface area contributed by atoms with Crippen LogP contribution in [0.15, 0.2) is 6.33 Å². The van der Waals surface area contributed by atoms with Gasteiger partial charge in [-0.25, -0.2) is 0 Å². The molecule has 6 nitrogen and oxygen atoms in total. The molecule has 0 aromatic carbocycles. The van der Waals surface area contributed by atoms with Gasteiger partial charge in [-0.15, -0.1) is 10.2 Å². The number of hydrogen-bond acceptors (Lipinski definition) is 5. The highest BCUT2D eigenvalue weighted by atomic mass is 16.7. The summed E-state index contributed by atoms with van der Waals surface area (Å²) in [7, 11) is 1.95. The topological polar surface area (TPSA) is 61.2 Å². The first-order valence-electron chi connectivity index (χ1n) is 6.54. The molecule has 1 aromatic rings. The van der Waals surface area contributed by atoms with Gasteiger partial charge >= 0.3 is 0 Å². The summed E-state index contributed by atoms with van der Waals surface area (Å²) in [4.78, 5) is 0. The van der Waals surface area contributed by atoms with Crippen LogP contribution in [-0.2, 0) is 22.9 Å². The van der Waals surface area contributed by atoms with Gasteiger partial charge in [0.2, 0.25) is 0 Å². The Morgan fingerprint density at radius 1 is 1.28 bits per heavy atom. The molecule has 1 aromatic heterocycles. The predicted octanol–water partition coefficient (Wildman–Crippen LogP) is 0.736. The fraction of sp³-hybridized carbons (Fsp3) is 0.833. The summed E-state index contributed by atoms with van der Waals surface area (Å²) in [6.07, 6.45) is 3.36. The second kappa shape index (κ2) is 9.02. The van der Waals surface area contributed by atoms with Crippen molar-refractivity contribution >= 4 is 0 Å². The van der Waals surface area contributed by atoms with E-state index >= 15 is 0 Å². The third kappa shape index (κ3) is 5.57. The fourth-order valence-electron chi connectivity index (χ4n) is 1.67. The van der Waals surface area contributed by atoms with E-state index in [1.54, 1.807) is 6.33 Å². The molecule has 0 saturated heterocycles. The second-order valence-electron chi connectivity index (χ2n) is 3.99. The molecule has 0 fully saturated rings. The first-order valence-corrected chi connectivity index (χ1v) is 6.54. The fourth-order valence-corrected chi connectivity index (χ4v) is 1.67. The summed E-state index contributed by atoms with van der Waals surface area (Å²) in [6, 6.07) is 0. The lowest BCUT2D eigenvalue weighted by Crippen LogP contribution is -2.26. The number of aromatic nitrogens is 3. The van der Waals surface area contributed by atoms with Crippen LogP contribution in [0.2, 0.25) is 0 Å². The lowest BCUT2D eigenvalue weighted by atomic mass is 10.3. The van der Waals surface area contributed by atoms with Gasteiger partial charge in [-0.05, 0) is 20.4 Å². The minimum Gasteiger partial charge on any atom is -0.353 e. The molecule has 0 saturated carbocycles. The van der Waals surface area contributed by atoms with Gasteiger partial charge in [-0.1, -0.05) is 0 Å². The van der Waals surface area contributed by atoms with Crippen molar-refractivity contribution in [1.82, 2.24) is 20.1 Å². The Bertz CT molecular complexity index is 311. The molecule has 0 atom stereocenters. The summed E-state index contributed by atoms with van der Waals surface area (Å²) < 4.78 is 12.9. The molecule has 6 heteroatoms. The summed E-state index contributed by atoms with van der Waals surface area (Å²) in [6.45, 7) is 7.09. The Kier molecular flexibility index (Phi) is 7.55. The van der Waals surface area contributed by atoms with Crippen LogP contribution in [0, 0.1) is 0 Å². The number of ether oxygens (including phenoxy) is 2. The normalized spacial score (nSPS) is 11.3. The largest absolute Gasteiger partial charge is 0.353 e. The molecular weight excluding hydrogens is 232 g/mol. The molecule has 1 rings (SSSR count). The van der Waals surface area contributed by atoms with Crippen molar-refractivity contribution in [1.29, 1.82) is 0 Å². The van der Waals surface area contributed by atoms with Crippen LogP contribution in [0.5, 0.6) is 0 Å². The minimum atomic E-state index is -0.0951. The Hall–Kier alpha value is -0.980. The maximum atomic E-state index is 5.47. The van der Waals surface area contributed by atoms with Crippen molar-refractivity contribution in [3.8, 4) is 0 Å². The van der Waals surface area contributed by atoms with Crippen molar-refractivity contribution < 1.29 is 9.47 Å². The highest BCUT2D eigenvalue weighted by molar-refractivity contribution is 4.84. The van der Waals surface area contributed by atoms with Crippen LogP contribution >= 0.6 is 0 Å². The summed E-state index contributed by atoms with van der Waals surface area (Å²) in [5.74, 6) is 0.994. The number of hydrogen-bond donors (Lipinski definition) is 1. The van der Waals surface area contributed by atoms with Crippen molar-refractivity contribution in [2.24, 2.45) is 7.05 Å². The van der Waals surface area contributed by atoms with E-state index in [2.05, 4.69) is 15.5 Å². The second-order valence-corrected chi connectivity index (χ2v) is 3.99. The lowest BCUT2D eigenvalue weighted by Gasteiger charge is -2.16. The quantitative estimate of drug-likeness (QED) is 0.494. The average molecular weight is 256 g/mol. The SMILES string of the molecule is CCOC(CCNCCc1nncn1C)OCC. The van der Waals surface area contributed by atoms with E-state index in [1.807, 2.05) is 25.5 Å². The van der Waals surface area contributed by atoms with Crippen LogP contribution in [-0.4, -0.2) is 47.4 Å². The number of nitrogens with one attached hydrogen (secondary N) is 1. The van der Waals surface area contributed by atoms with Crippen molar-refractivity contribution in [3.63, 3.8) is 0 Å². The molecule has 0 bridgehead atoms. The molecule has 18 heavy (non-hydrogen) atoms. The van der Waals surface area contributed by atoms with Crippen LogP contribution in [0.1, 0.15) is 26.1 Å². The molecule has 1 heterocycles. The predicted molar refractivity (Wildman–Crippen MR) is 69.2 cm³/mol. The standard InChI is InChI=1S/C12H24N4O2/c1-4-17-12(18-5-2)7-9-13-8-6-11-15-14-10-16(11)3/h10,12-13H,4-9H2,1-3H3. The first-order chi connectivity index (χ1) is 8.77. The molecule has 0 spiro atoms. The van der Waals surface area contributed by atoms with Crippen LogP contribution in [0.25, 0.3) is 0 Å². The summed E-state index contributed by atoms with van der Waals surface area (Å²) in [5, 5.41) is 11.2. The van der Waals surface area contributed by atoms with E-state index in [1.165, 1.54) is 0 Å². The molecule has 1 N–H and O–H groups in total. The first kappa shape index (κ1) is 15.1. The highest BCUT2D eigenvalue weighted by Crippen LogP contribution is 2.00. The molecule has 0 amide bonds. The minimum absolute atomic E-state index is 0.0951. The molecular formula is C12H24N4O2. The smallest absolute Gasteiger partial charge is 0.158 e. The molecule has 0 unspecified atom stereocenters. The van der Waals surface area contributed by atoms with Crippen LogP contribution < -0.4 is 5.32 Å². The van der Waals surface area contributed by atoms with Gasteiger partial charge in [0, 0.05) is 39.6 Å². The van der Waals surface area contributed by atoms with E-state index in [-0.39, 0.29) is 6.29 Å². The lowest BCUT2D eigenvalue weighted by molar-refractivity contribution is -0.138. The van der Waals surface area contributed by atoms with Crippen molar-refractivity contribution in [2.75, 3.05) is 26.3 Å². The highest BCUT2D eigenvalue weighted by Gasteiger charge is 2.07. The maximum Gasteiger partial charge on any atom is 0.158 e. The Morgan fingerprint density at radius 3 is 2.56 bits per heavy atom.